The number of methoxy groups -OCH3 is 1. The van der Waals surface area contributed by atoms with Crippen LogP contribution < -0.4 is 0 Å². The molecule has 2 aromatic heterocycles. The first-order valence-electron chi connectivity index (χ1n) is 7.29. The lowest BCUT2D eigenvalue weighted by molar-refractivity contribution is 0.0601. The van der Waals surface area contributed by atoms with Crippen molar-refractivity contribution in [2.75, 3.05) is 7.11 Å². The van der Waals surface area contributed by atoms with Gasteiger partial charge in [-0.15, -0.1) is 0 Å². The van der Waals surface area contributed by atoms with E-state index in [4.69, 9.17) is 16.3 Å². The van der Waals surface area contributed by atoms with Crippen molar-refractivity contribution in [2.24, 2.45) is 0 Å². The van der Waals surface area contributed by atoms with Crippen LogP contribution >= 0.6 is 11.6 Å². The number of aromatic amines is 1. The predicted molar refractivity (Wildman–Crippen MR) is 93.2 cm³/mol. The lowest BCUT2D eigenvalue weighted by atomic mass is 10.1. The van der Waals surface area contributed by atoms with Crippen molar-refractivity contribution >= 4 is 39.5 Å². The molecule has 0 aliphatic heterocycles. The maximum absolute atomic E-state index is 11.6. The Kier molecular flexibility index (Phi) is 3.43. The normalized spacial score (nSPS) is 11.1. The van der Waals surface area contributed by atoms with Crippen LogP contribution in [0.1, 0.15) is 10.4 Å². The number of rotatable bonds is 2. The van der Waals surface area contributed by atoms with E-state index in [0.29, 0.717) is 22.1 Å². The summed E-state index contributed by atoms with van der Waals surface area (Å²) in [5, 5.41) is 1.36. The average molecular weight is 338 g/mol. The molecule has 0 bridgehead atoms. The summed E-state index contributed by atoms with van der Waals surface area (Å²) >= 11 is 6.32. The summed E-state index contributed by atoms with van der Waals surface area (Å²) in [6.45, 7) is 0. The molecule has 0 fully saturated rings. The van der Waals surface area contributed by atoms with Gasteiger partial charge in [-0.25, -0.2) is 14.8 Å². The highest BCUT2D eigenvalue weighted by atomic mass is 35.5. The van der Waals surface area contributed by atoms with Crippen LogP contribution in [-0.2, 0) is 4.74 Å². The number of carbonyl (C=O) groups excluding carboxylic acids is 1. The number of hydrogen-bond donors (Lipinski definition) is 1. The Bertz CT molecular complexity index is 1090. The van der Waals surface area contributed by atoms with E-state index < -0.39 is 5.97 Å². The van der Waals surface area contributed by atoms with Gasteiger partial charge in [-0.3, -0.25) is 0 Å². The molecule has 1 N–H and O–H groups in total. The number of imidazole rings is 1. The topological polar surface area (TPSA) is 67.9 Å². The molecule has 0 radical (unpaired) electrons. The van der Waals surface area contributed by atoms with Crippen LogP contribution in [0.2, 0.25) is 5.15 Å². The number of halogens is 1. The molecule has 0 atom stereocenters. The summed E-state index contributed by atoms with van der Waals surface area (Å²) in [4.78, 5) is 23.8. The molecular weight excluding hydrogens is 326 g/mol. The third kappa shape index (κ3) is 2.39. The van der Waals surface area contributed by atoms with Crippen LogP contribution in [0.4, 0.5) is 0 Å². The Labute approximate surface area is 142 Å². The van der Waals surface area contributed by atoms with Crippen molar-refractivity contribution < 1.29 is 9.53 Å². The van der Waals surface area contributed by atoms with E-state index in [0.717, 1.165) is 21.9 Å². The van der Waals surface area contributed by atoms with Crippen LogP contribution in [0.15, 0.2) is 48.5 Å². The van der Waals surface area contributed by atoms with E-state index in [1.165, 1.54) is 7.11 Å². The van der Waals surface area contributed by atoms with Crippen molar-refractivity contribution in [3.63, 3.8) is 0 Å². The zero-order valence-electron chi connectivity index (χ0n) is 12.7. The molecule has 0 saturated carbocycles. The van der Waals surface area contributed by atoms with Gasteiger partial charge in [0.15, 0.2) is 0 Å². The Balaban J connectivity index is 1.87. The number of aromatic nitrogens is 3. The smallest absolute Gasteiger partial charge is 0.337 e. The molecule has 0 spiro atoms. The van der Waals surface area contributed by atoms with Crippen molar-refractivity contribution in [1.29, 1.82) is 0 Å². The predicted octanol–water partition coefficient (Wildman–Crippen LogP) is 4.22. The van der Waals surface area contributed by atoms with E-state index in [9.17, 15) is 4.79 Å². The molecule has 24 heavy (non-hydrogen) atoms. The molecule has 0 amide bonds. The second-order valence-corrected chi connectivity index (χ2v) is 5.69. The average Bonchev–Trinajstić information content (AvgIpc) is 3.03. The van der Waals surface area contributed by atoms with Crippen LogP contribution in [0.3, 0.4) is 0 Å². The van der Waals surface area contributed by atoms with E-state index >= 15 is 0 Å². The van der Waals surface area contributed by atoms with E-state index in [-0.39, 0.29) is 0 Å². The molecule has 2 heterocycles. The highest BCUT2D eigenvalue weighted by Crippen LogP contribution is 2.29. The number of pyridine rings is 1. The largest absolute Gasteiger partial charge is 0.465 e. The van der Waals surface area contributed by atoms with Gasteiger partial charge in [0.1, 0.15) is 11.0 Å². The van der Waals surface area contributed by atoms with Gasteiger partial charge < -0.3 is 9.72 Å². The van der Waals surface area contributed by atoms with Gasteiger partial charge >= 0.3 is 5.97 Å². The molecule has 0 aliphatic carbocycles. The van der Waals surface area contributed by atoms with Gasteiger partial charge in [-0.05, 0) is 30.3 Å². The van der Waals surface area contributed by atoms with E-state index in [2.05, 4.69) is 15.0 Å². The van der Waals surface area contributed by atoms with Gasteiger partial charge in [-0.1, -0.05) is 29.8 Å². The van der Waals surface area contributed by atoms with Gasteiger partial charge in [-0.2, -0.15) is 0 Å². The zero-order chi connectivity index (χ0) is 16.7. The highest BCUT2D eigenvalue weighted by Gasteiger charge is 2.13. The van der Waals surface area contributed by atoms with E-state index in [1.54, 1.807) is 18.2 Å². The second-order valence-electron chi connectivity index (χ2n) is 5.33. The fraction of sp³-hybridized carbons (Fsp3) is 0.0556. The lowest BCUT2D eigenvalue weighted by Crippen LogP contribution is -2.00. The van der Waals surface area contributed by atoms with Crippen molar-refractivity contribution in [3.05, 3.63) is 59.2 Å². The molecular formula is C18H12ClN3O2. The van der Waals surface area contributed by atoms with Crippen LogP contribution in [0.25, 0.3) is 33.3 Å². The van der Waals surface area contributed by atoms with Crippen molar-refractivity contribution in [3.8, 4) is 11.4 Å². The number of ether oxygens (including phenoxy) is 1. The molecule has 5 nitrogen and oxygen atoms in total. The fourth-order valence-corrected chi connectivity index (χ4v) is 2.88. The summed E-state index contributed by atoms with van der Waals surface area (Å²) in [5.41, 5.74) is 3.48. The number of carbonyl (C=O) groups is 1. The van der Waals surface area contributed by atoms with Crippen LogP contribution in [-0.4, -0.2) is 28.0 Å². The second kappa shape index (κ2) is 5.62. The first kappa shape index (κ1) is 14.7. The number of hydrogen-bond acceptors (Lipinski definition) is 4. The molecule has 0 saturated heterocycles. The van der Waals surface area contributed by atoms with Gasteiger partial charge in [0.05, 0.1) is 34.8 Å². The SMILES string of the molecule is COC(=O)c1ccc2nc(-c3cc4ccccc4nc3Cl)[nH]c2c1. The summed E-state index contributed by atoms with van der Waals surface area (Å²) in [6, 6.07) is 14.9. The van der Waals surface area contributed by atoms with Gasteiger partial charge in [0, 0.05) is 5.39 Å². The Hall–Kier alpha value is -2.92. The molecule has 0 unspecified atom stereocenters. The first-order valence-corrected chi connectivity index (χ1v) is 7.67. The molecule has 4 aromatic rings. The number of para-hydroxylation sites is 1. The first-order chi connectivity index (χ1) is 11.7. The Morgan fingerprint density at radius 2 is 1.92 bits per heavy atom. The molecule has 0 aliphatic rings. The van der Waals surface area contributed by atoms with Crippen molar-refractivity contribution in [2.45, 2.75) is 0 Å². The molecule has 6 heteroatoms. The lowest BCUT2D eigenvalue weighted by Gasteiger charge is -2.03. The number of H-pyrrole nitrogens is 1. The fourth-order valence-electron chi connectivity index (χ4n) is 2.64. The quantitative estimate of drug-likeness (QED) is 0.439. The molecule has 2 aromatic carbocycles. The van der Waals surface area contributed by atoms with E-state index in [1.807, 2.05) is 30.3 Å². The monoisotopic (exact) mass is 337 g/mol. The molecule has 4 rings (SSSR count). The minimum absolute atomic E-state index is 0.376. The Morgan fingerprint density at radius 3 is 2.75 bits per heavy atom. The third-order valence-electron chi connectivity index (χ3n) is 3.84. The number of fused-ring (bicyclic) bond motifs is 2. The Morgan fingerprint density at radius 1 is 1.08 bits per heavy atom. The highest BCUT2D eigenvalue weighted by molar-refractivity contribution is 6.32. The van der Waals surface area contributed by atoms with Crippen molar-refractivity contribution in [1.82, 2.24) is 15.0 Å². The van der Waals surface area contributed by atoms with Gasteiger partial charge in [0.25, 0.3) is 0 Å². The molecule has 118 valence electrons. The zero-order valence-corrected chi connectivity index (χ0v) is 13.5. The minimum Gasteiger partial charge on any atom is -0.465 e. The summed E-state index contributed by atoms with van der Waals surface area (Å²) in [6.07, 6.45) is 0. The number of benzene rings is 2. The maximum atomic E-state index is 11.6. The minimum atomic E-state index is -0.390. The standard InChI is InChI=1S/C18H12ClN3O2/c1-24-18(23)11-6-7-14-15(9-11)22-17(21-14)12-8-10-4-2-3-5-13(10)20-16(12)19/h2-9H,1H3,(H,21,22). The summed E-state index contributed by atoms with van der Waals surface area (Å²) in [7, 11) is 1.35. The summed E-state index contributed by atoms with van der Waals surface area (Å²) < 4.78 is 4.74. The third-order valence-corrected chi connectivity index (χ3v) is 4.12. The maximum Gasteiger partial charge on any atom is 0.337 e. The van der Waals surface area contributed by atoms with Crippen LogP contribution in [0.5, 0.6) is 0 Å². The van der Waals surface area contributed by atoms with Gasteiger partial charge in [0.2, 0.25) is 0 Å². The number of esters is 1. The number of nitrogens with one attached hydrogen (secondary N) is 1. The summed E-state index contributed by atoms with van der Waals surface area (Å²) in [5.74, 6) is 0.216. The number of nitrogens with zero attached hydrogens (tertiary/aromatic N) is 2. The van der Waals surface area contributed by atoms with Crippen LogP contribution in [0, 0.1) is 0 Å².